The largest absolute Gasteiger partial charge is 0.394 e. The van der Waals surface area contributed by atoms with Gasteiger partial charge in [-0.05, 0) is 13.0 Å². The number of aliphatic hydroxyl groups excluding tert-OH is 3. The smallest absolute Gasteiger partial charge is 0.255 e. The summed E-state index contributed by atoms with van der Waals surface area (Å²) in [5, 5.41) is 28.8. The van der Waals surface area contributed by atoms with E-state index in [0.717, 1.165) is 0 Å². The van der Waals surface area contributed by atoms with Crippen molar-refractivity contribution >= 4 is 11.2 Å². The van der Waals surface area contributed by atoms with Gasteiger partial charge in [-0.2, -0.15) is 4.39 Å². The average molecular weight is 311 g/mol. The van der Waals surface area contributed by atoms with E-state index < -0.39 is 42.5 Å². The van der Waals surface area contributed by atoms with Gasteiger partial charge in [0.15, 0.2) is 5.65 Å². The van der Waals surface area contributed by atoms with E-state index in [0.29, 0.717) is 0 Å². The Bertz CT molecular complexity index is 780. The third-order valence-corrected chi connectivity index (χ3v) is 3.67. The van der Waals surface area contributed by atoms with Crippen LogP contribution in [0.3, 0.4) is 0 Å². The number of hydrogen-bond acceptors (Lipinski definition) is 7. The van der Waals surface area contributed by atoms with Gasteiger partial charge >= 0.3 is 0 Å². The lowest BCUT2D eigenvalue weighted by Crippen LogP contribution is -2.33. The highest BCUT2D eigenvalue weighted by molar-refractivity contribution is 5.70. The molecular formula is C13H14FN3O5. The molecule has 4 atom stereocenters. The van der Waals surface area contributed by atoms with Gasteiger partial charge in [-0.25, -0.2) is 9.97 Å². The van der Waals surface area contributed by atoms with Crippen molar-refractivity contribution in [2.24, 2.45) is 0 Å². The Balaban J connectivity index is 2.10. The second-order valence-electron chi connectivity index (χ2n) is 5.15. The van der Waals surface area contributed by atoms with Crippen LogP contribution in [0, 0.1) is 12.9 Å². The molecule has 0 saturated carbocycles. The molecule has 0 spiro atoms. The molecule has 0 radical (unpaired) electrons. The van der Waals surface area contributed by atoms with Crippen LogP contribution in [-0.4, -0.2) is 55.2 Å². The molecule has 2 aromatic heterocycles. The van der Waals surface area contributed by atoms with Crippen LogP contribution in [0.5, 0.6) is 0 Å². The predicted octanol–water partition coefficient (Wildman–Crippen LogP) is -1.08. The van der Waals surface area contributed by atoms with Crippen molar-refractivity contribution in [3.8, 4) is 0 Å². The molecule has 1 unspecified atom stereocenters. The number of hydrogen-bond donors (Lipinski definition) is 4. The summed E-state index contributed by atoms with van der Waals surface area (Å²) < 4.78 is 18.8. The topological polar surface area (TPSA) is 129 Å². The highest BCUT2D eigenvalue weighted by Gasteiger charge is 2.44. The number of aryl methyl sites for hydroxylation is 1. The van der Waals surface area contributed by atoms with Gasteiger partial charge in [0.05, 0.1) is 17.9 Å². The number of rotatable bonds is 2. The minimum absolute atomic E-state index is 0.0208. The van der Waals surface area contributed by atoms with Crippen LogP contribution in [0.15, 0.2) is 10.9 Å². The fraction of sp³-hybridized carbons (Fsp3) is 0.462. The first-order chi connectivity index (χ1) is 10.4. The number of nitrogens with zero attached hydrogens (tertiary/aromatic N) is 2. The maximum Gasteiger partial charge on any atom is 0.255 e. The molecule has 2 aromatic rings. The molecule has 0 aliphatic carbocycles. The van der Waals surface area contributed by atoms with E-state index in [4.69, 9.17) is 9.84 Å². The minimum atomic E-state index is -1.39. The summed E-state index contributed by atoms with van der Waals surface area (Å²) in [4.78, 5) is 22.1. The number of halogens is 1. The number of H-pyrrole nitrogens is 1. The normalized spacial score (nSPS) is 28.4. The number of aliphatic hydroxyl groups is 3. The Kier molecular flexibility index (Phi) is 3.65. The molecule has 9 heteroatoms. The van der Waals surface area contributed by atoms with E-state index in [-0.39, 0.29) is 22.4 Å². The second kappa shape index (κ2) is 5.36. The lowest BCUT2D eigenvalue weighted by molar-refractivity contribution is -0.0231. The molecule has 1 saturated heterocycles. The van der Waals surface area contributed by atoms with Gasteiger partial charge in [-0.1, -0.05) is 0 Å². The van der Waals surface area contributed by atoms with Gasteiger partial charge in [0.1, 0.15) is 29.9 Å². The van der Waals surface area contributed by atoms with Gasteiger partial charge in [0.25, 0.3) is 5.56 Å². The van der Waals surface area contributed by atoms with Crippen molar-refractivity contribution in [3.05, 3.63) is 33.6 Å². The zero-order valence-electron chi connectivity index (χ0n) is 11.5. The zero-order valence-corrected chi connectivity index (χ0v) is 11.5. The Morgan fingerprint density at radius 1 is 1.36 bits per heavy atom. The Hall–Kier alpha value is -1.94. The molecule has 1 aliphatic heterocycles. The maximum absolute atomic E-state index is 13.5. The molecule has 0 bridgehead atoms. The molecule has 8 nitrogen and oxygen atoms in total. The fourth-order valence-corrected chi connectivity index (χ4v) is 2.46. The van der Waals surface area contributed by atoms with Gasteiger partial charge in [-0.3, -0.25) is 4.79 Å². The summed E-state index contributed by atoms with van der Waals surface area (Å²) in [6.07, 6.45) is -4.87. The first kappa shape index (κ1) is 15.0. The Morgan fingerprint density at radius 2 is 2.09 bits per heavy atom. The van der Waals surface area contributed by atoms with Crippen molar-refractivity contribution in [3.63, 3.8) is 0 Å². The van der Waals surface area contributed by atoms with Crippen molar-refractivity contribution in [1.82, 2.24) is 15.0 Å². The first-order valence-electron chi connectivity index (χ1n) is 6.62. The van der Waals surface area contributed by atoms with Crippen molar-refractivity contribution in [2.75, 3.05) is 6.61 Å². The lowest BCUT2D eigenvalue weighted by Gasteiger charge is -2.14. The quantitative estimate of drug-likeness (QED) is 0.555. The van der Waals surface area contributed by atoms with Gasteiger partial charge in [0.2, 0.25) is 5.95 Å². The summed E-state index contributed by atoms with van der Waals surface area (Å²) >= 11 is 0. The maximum atomic E-state index is 13.5. The van der Waals surface area contributed by atoms with Gasteiger partial charge in [0, 0.05) is 0 Å². The predicted molar refractivity (Wildman–Crippen MR) is 71.6 cm³/mol. The van der Waals surface area contributed by atoms with E-state index in [1.165, 1.54) is 13.0 Å². The van der Waals surface area contributed by atoms with E-state index in [1.807, 2.05) is 0 Å². The van der Waals surface area contributed by atoms with Gasteiger partial charge < -0.3 is 25.0 Å². The van der Waals surface area contributed by atoms with E-state index >= 15 is 0 Å². The molecule has 4 N–H and O–H groups in total. The molecule has 0 amide bonds. The third kappa shape index (κ3) is 2.28. The number of aromatic nitrogens is 3. The third-order valence-electron chi connectivity index (χ3n) is 3.67. The lowest BCUT2D eigenvalue weighted by atomic mass is 10.0. The second-order valence-corrected chi connectivity index (χ2v) is 5.15. The van der Waals surface area contributed by atoms with Crippen LogP contribution in [0.2, 0.25) is 0 Å². The van der Waals surface area contributed by atoms with Crippen LogP contribution in [0.4, 0.5) is 4.39 Å². The van der Waals surface area contributed by atoms with Crippen molar-refractivity contribution in [1.29, 1.82) is 0 Å². The highest BCUT2D eigenvalue weighted by atomic mass is 19.1. The number of nitrogens with one attached hydrogen (secondary N) is 1. The highest BCUT2D eigenvalue weighted by Crippen LogP contribution is 2.32. The standard InChI is InChI=1S/C13H14FN3O5/c1-4-11(14)16-6-2-5(13(21)17-12(6)15-4)10-9(20)8(19)7(3-18)22-10/h2,7-10,18-20H,3H2,1H3,(H,15,17,21)/t7-,8?,9+,10+/m1/s1. The summed E-state index contributed by atoms with van der Waals surface area (Å²) in [5.41, 5.74) is -0.367. The molecule has 3 rings (SSSR count). The minimum Gasteiger partial charge on any atom is -0.394 e. The average Bonchev–Trinajstić information content (AvgIpc) is 2.76. The molecule has 0 aromatic carbocycles. The zero-order chi connectivity index (χ0) is 16.0. The van der Waals surface area contributed by atoms with Crippen LogP contribution < -0.4 is 5.56 Å². The summed E-state index contributed by atoms with van der Waals surface area (Å²) in [6.45, 7) is 0.911. The molecule has 1 aliphatic rings. The van der Waals surface area contributed by atoms with Crippen molar-refractivity contribution in [2.45, 2.75) is 31.3 Å². The van der Waals surface area contributed by atoms with Crippen LogP contribution in [-0.2, 0) is 4.74 Å². The number of fused-ring (bicyclic) bond motifs is 1. The summed E-state index contributed by atoms with van der Waals surface area (Å²) in [7, 11) is 0. The van der Waals surface area contributed by atoms with E-state index in [1.54, 1.807) is 0 Å². The van der Waals surface area contributed by atoms with Crippen LogP contribution in [0.1, 0.15) is 17.4 Å². The molecule has 118 valence electrons. The SMILES string of the molecule is Cc1nc2[nH]c(=O)c([C@@H]3O[C@H](CO)C(O)[C@@H]3O)cc2nc1F. The summed E-state index contributed by atoms with van der Waals surface area (Å²) in [5.74, 6) is -0.772. The molecule has 3 heterocycles. The fourth-order valence-electron chi connectivity index (χ4n) is 2.46. The summed E-state index contributed by atoms with van der Waals surface area (Å²) in [6, 6.07) is 1.25. The number of pyridine rings is 1. The Labute approximate surface area is 123 Å². The Morgan fingerprint density at radius 3 is 2.73 bits per heavy atom. The first-order valence-corrected chi connectivity index (χ1v) is 6.62. The van der Waals surface area contributed by atoms with E-state index in [2.05, 4.69) is 15.0 Å². The molecule has 1 fully saturated rings. The van der Waals surface area contributed by atoms with Crippen LogP contribution >= 0.6 is 0 Å². The number of aromatic amines is 1. The number of ether oxygens (including phenoxy) is 1. The monoisotopic (exact) mass is 311 g/mol. The molecular weight excluding hydrogens is 297 g/mol. The van der Waals surface area contributed by atoms with Crippen LogP contribution in [0.25, 0.3) is 11.2 Å². The van der Waals surface area contributed by atoms with Gasteiger partial charge in [-0.15, -0.1) is 0 Å². The molecule has 22 heavy (non-hydrogen) atoms. The van der Waals surface area contributed by atoms with Crippen molar-refractivity contribution < 1.29 is 24.4 Å². The van der Waals surface area contributed by atoms with E-state index in [9.17, 15) is 19.4 Å².